The Balaban J connectivity index is -0.000000163. The van der Waals surface area contributed by atoms with E-state index in [1.807, 2.05) is 6.08 Å². The van der Waals surface area contributed by atoms with E-state index in [-0.39, 0.29) is 50.7 Å². The summed E-state index contributed by atoms with van der Waals surface area (Å²) < 4.78 is 0. The molecule has 1 rings (SSSR count). The van der Waals surface area contributed by atoms with Gasteiger partial charge in [0, 0.05) is 25.8 Å². The molecule has 0 aromatic rings. The van der Waals surface area contributed by atoms with Gasteiger partial charge >= 0.3 is 0 Å². The van der Waals surface area contributed by atoms with Crippen LogP contribution in [0.2, 0.25) is 0 Å². The monoisotopic (exact) mass is 345 g/mol. The van der Waals surface area contributed by atoms with Crippen LogP contribution in [-0.4, -0.2) is 0 Å². The van der Waals surface area contributed by atoms with E-state index in [2.05, 4.69) is 26.0 Å². The second kappa shape index (κ2) is 8.03. The summed E-state index contributed by atoms with van der Waals surface area (Å²) >= 11 is 0. The van der Waals surface area contributed by atoms with Crippen LogP contribution in [0.3, 0.4) is 0 Å². The summed E-state index contributed by atoms with van der Waals surface area (Å²) in [6, 6.07) is 0. The summed E-state index contributed by atoms with van der Waals surface area (Å²) in [4.78, 5) is 0. The van der Waals surface area contributed by atoms with Crippen molar-refractivity contribution in [2.75, 3.05) is 0 Å². The molecule has 0 bridgehead atoms. The zero-order valence-electron chi connectivity index (χ0n) is 6.05. The van der Waals surface area contributed by atoms with E-state index < -0.39 is 0 Å². The molecule has 0 radical (unpaired) electrons. The molecule has 1 aliphatic carbocycles. The molecule has 0 aromatic carbocycles. The maximum atomic E-state index is 3.15. The molecule has 10 heavy (non-hydrogen) atoms. The maximum Gasteiger partial charge on any atom is 0 e. The van der Waals surface area contributed by atoms with E-state index in [9.17, 15) is 0 Å². The van der Waals surface area contributed by atoms with Gasteiger partial charge in [0.05, 0.1) is 0 Å². The molecule has 58 valence electrons. The molecule has 1 atom stereocenters. The van der Waals surface area contributed by atoms with E-state index in [4.69, 9.17) is 0 Å². The smallest absolute Gasteiger partial charge is 0 e. The fourth-order valence-corrected chi connectivity index (χ4v) is 0.753. The SMILES string of the molecule is CC1=CC(C)[C-]=C1.Cl.Cl.[Hf]. The first-order valence-corrected chi connectivity index (χ1v) is 2.57. The minimum Gasteiger partial charge on any atom is -0.270 e. The summed E-state index contributed by atoms with van der Waals surface area (Å²) in [5.41, 5.74) is 1.34. The Kier molecular flexibility index (Phi) is 13.8. The molecule has 1 unspecified atom stereocenters. The fraction of sp³-hybridized carbons (Fsp3) is 0.429. The molecule has 0 saturated heterocycles. The van der Waals surface area contributed by atoms with Gasteiger partial charge in [-0.15, -0.1) is 31.7 Å². The van der Waals surface area contributed by atoms with Crippen LogP contribution in [0.15, 0.2) is 17.7 Å². The second-order valence-corrected chi connectivity index (χ2v) is 2.01. The van der Waals surface area contributed by atoms with E-state index >= 15 is 0 Å². The predicted molar refractivity (Wildman–Crippen MR) is 45.2 cm³/mol. The molecule has 1 aliphatic rings. The molecule has 0 amide bonds. The Morgan fingerprint density at radius 3 is 2.00 bits per heavy atom. The summed E-state index contributed by atoms with van der Waals surface area (Å²) in [7, 11) is 0. The van der Waals surface area contributed by atoms with Crippen LogP contribution < -0.4 is 0 Å². The van der Waals surface area contributed by atoms with E-state index in [1.165, 1.54) is 5.57 Å². The van der Waals surface area contributed by atoms with Gasteiger partial charge in [0.2, 0.25) is 0 Å². The average molecular weight is 345 g/mol. The van der Waals surface area contributed by atoms with Crippen molar-refractivity contribution in [3.05, 3.63) is 23.8 Å². The first kappa shape index (κ1) is 17.1. The number of allylic oxidation sites excluding steroid dienone is 4. The van der Waals surface area contributed by atoms with Gasteiger partial charge in [-0.25, -0.2) is 11.6 Å². The van der Waals surface area contributed by atoms with Crippen LogP contribution in [0.5, 0.6) is 0 Å². The van der Waals surface area contributed by atoms with E-state index in [0.717, 1.165) is 0 Å². The van der Waals surface area contributed by atoms with E-state index in [1.54, 1.807) is 0 Å². The van der Waals surface area contributed by atoms with Crippen LogP contribution in [0, 0.1) is 12.0 Å². The summed E-state index contributed by atoms with van der Waals surface area (Å²) in [5.74, 6) is 0.556. The van der Waals surface area contributed by atoms with Gasteiger partial charge in [0.1, 0.15) is 0 Å². The van der Waals surface area contributed by atoms with Crippen molar-refractivity contribution < 1.29 is 25.8 Å². The average Bonchev–Trinajstić information content (AvgIpc) is 1.87. The molecule has 0 N–H and O–H groups in total. The van der Waals surface area contributed by atoms with E-state index in [0.29, 0.717) is 5.92 Å². The predicted octanol–water partition coefficient (Wildman–Crippen LogP) is 2.78. The summed E-state index contributed by atoms with van der Waals surface area (Å²) in [6.45, 7) is 4.23. The Morgan fingerprint density at radius 1 is 1.40 bits per heavy atom. The van der Waals surface area contributed by atoms with Gasteiger partial charge in [-0.2, -0.15) is 6.08 Å². The normalized spacial score (nSPS) is 19.8. The van der Waals surface area contributed by atoms with Crippen molar-refractivity contribution in [1.82, 2.24) is 0 Å². The van der Waals surface area contributed by atoms with Crippen LogP contribution in [0.4, 0.5) is 0 Å². The van der Waals surface area contributed by atoms with Crippen molar-refractivity contribution in [2.24, 2.45) is 5.92 Å². The third-order valence-corrected chi connectivity index (χ3v) is 1.09. The molecule has 0 saturated carbocycles. The Labute approximate surface area is 93.8 Å². The van der Waals surface area contributed by atoms with Gasteiger partial charge in [-0.05, 0) is 0 Å². The first-order valence-electron chi connectivity index (χ1n) is 2.57. The third kappa shape index (κ3) is 5.70. The van der Waals surface area contributed by atoms with Crippen LogP contribution in [0.1, 0.15) is 13.8 Å². The number of hydrogen-bond donors (Lipinski definition) is 0. The van der Waals surface area contributed by atoms with Gasteiger partial charge in [-0.1, -0.05) is 12.8 Å². The van der Waals surface area contributed by atoms with Crippen molar-refractivity contribution in [1.29, 1.82) is 0 Å². The first-order chi connectivity index (χ1) is 3.29. The van der Waals surface area contributed by atoms with Gasteiger partial charge < -0.3 is 0 Å². The second-order valence-electron chi connectivity index (χ2n) is 2.01. The molecule has 0 fully saturated rings. The molecule has 0 heterocycles. The molecular formula is C7H11Cl2Hf-. The van der Waals surface area contributed by atoms with Crippen molar-refractivity contribution in [3.8, 4) is 0 Å². The topological polar surface area (TPSA) is 0 Å². The minimum atomic E-state index is 0. The zero-order valence-corrected chi connectivity index (χ0v) is 11.3. The standard InChI is InChI=1S/C7H9.2ClH.Hf/c1-6-3-4-7(2)5-6;;;/h3,5,7H,1-2H3;2*1H;/q-1;;;. The van der Waals surface area contributed by atoms with Gasteiger partial charge in [0.15, 0.2) is 0 Å². The maximum absolute atomic E-state index is 3.15. The van der Waals surface area contributed by atoms with Gasteiger partial charge in [0.25, 0.3) is 0 Å². The van der Waals surface area contributed by atoms with Crippen LogP contribution in [0.25, 0.3) is 0 Å². The molecule has 3 heteroatoms. The molecule has 0 aliphatic heterocycles. The molecule has 0 spiro atoms. The minimum absolute atomic E-state index is 0. The Bertz CT molecular complexity index is 130. The number of hydrogen-bond acceptors (Lipinski definition) is 0. The van der Waals surface area contributed by atoms with Crippen LogP contribution in [-0.2, 0) is 25.8 Å². The Hall–Kier alpha value is 0.930. The number of rotatable bonds is 0. The quantitative estimate of drug-likeness (QED) is 0.468. The van der Waals surface area contributed by atoms with Crippen LogP contribution >= 0.6 is 24.8 Å². The summed E-state index contributed by atoms with van der Waals surface area (Å²) in [5, 5.41) is 0. The van der Waals surface area contributed by atoms with Crippen molar-refractivity contribution >= 4 is 24.8 Å². The number of halogens is 2. The third-order valence-electron chi connectivity index (χ3n) is 1.09. The largest absolute Gasteiger partial charge is 0.270 e. The Morgan fingerprint density at radius 2 is 1.90 bits per heavy atom. The molecule has 0 aromatic heterocycles. The molecule has 0 nitrogen and oxygen atoms in total. The van der Waals surface area contributed by atoms with Crippen molar-refractivity contribution in [3.63, 3.8) is 0 Å². The van der Waals surface area contributed by atoms with Crippen molar-refractivity contribution in [2.45, 2.75) is 13.8 Å². The van der Waals surface area contributed by atoms with Gasteiger partial charge in [-0.3, -0.25) is 6.08 Å². The summed E-state index contributed by atoms with van der Waals surface area (Å²) in [6.07, 6.45) is 7.38. The fourth-order valence-electron chi connectivity index (χ4n) is 0.753. The zero-order chi connectivity index (χ0) is 5.28. The molecular weight excluding hydrogens is 333 g/mol.